The molecule has 0 atom stereocenters. The molecule has 0 radical (unpaired) electrons. The molecule has 0 saturated heterocycles. The highest BCUT2D eigenvalue weighted by Crippen LogP contribution is 1.99. The van der Waals surface area contributed by atoms with Crippen LogP contribution in [0.15, 0.2) is 0 Å². The predicted octanol–water partition coefficient (Wildman–Crippen LogP) is 0.103. The summed E-state index contributed by atoms with van der Waals surface area (Å²) in [5.74, 6) is -2.83. The molecule has 7 nitrogen and oxygen atoms in total. The van der Waals surface area contributed by atoms with Crippen LogP contribution in [0.3, 0.4) is 0 Å². The zero-order valence-corrected chi connectivity index (χ0v) is 9.46. The van der Waals surface area contributed by atoms with Gasteiger partial charge in [0.1, 0.15) is 0 Å². The Morgan fingerprint density at radius 2 is 1.12 bits per heavy atom. The van der Waals surface area contributed by atoms with E-state index in [-0.39, 0.29) is 32.4 Å². The van der Waals surface area contributed by atoms with E-state index in [1.165, 1.54) is 0 Å². The first-order chi connectivity index (χ1) is 7.91. The molecule has 7 heteroatoms. The van der Waals surface area contributed by atoms with Crippen molar-refractivity contribution in [2.24, 2.45) is 0 Å². The van der Waals surface area contributed by atoms with Crippen molar-refractivity contribution < 1.29 is 29.7 Å². The van der Waals surface area contributed by atoms with E-state index in [9.17, 15) is 14.4 Å². The fourth-order valence-corrected chi connectivity index (χ4v) is 1.30. The van der Waals surface area contributed by atoms with E-state index in [1.807, 2.05) is 0 Å². The Morgan fingerprint density at radius 3 is 1.47 bits per heavy atom. The number of aliphatic carboxylic acids is 3. The van der Waals surface area contributed by atoms with Crippen molar-refractivity contribution in [1.82, 2.24) is 4.90 Å². The summed E-state index contributed by atoms with van der Waals surface area (Å²) in [6.45, 7) is 0.872. The first-order valence-electron chi connectivity index (χ1n) is 5.29. The van der Waals surface area contributed by atoms with Crippen LogP contribution in [0.2, 0.25) is 0 Å². The molecule has 0 fully saturated rings. The first-order valence-corrected chi connectivity index (χ1v) is 5.29. The quantitative estimate of drug-likeness (QED) is 0.501. The molecular weight excluding hydrogens is 230 g/mol. The fourth-order valence-electron chi connectivity index (χ4n) is 1.30. The molecule has 0 spiro atoms. The first kappa shape index (κ1) is 15.4. The molecule has 0 aromatic heterocycles. The third-order valence-electron chi connectivity index (χ3n) is 2.15. The van der Waals surface area contributed by atoms with Crippen LogP contribution in [0.4, 0.5) is 0 Å². The van der Waals surface area contributed by atoms with Gasteiger partial charge in [0.25, 0.3) is 0 Å². The Balaban J connectivity index is 3.95. The Hall–Kier alpha value is -1.63. The minimum Gasteiger partial charge on any atom is -0.481 e. The minimum absolute atomic E-state index is 0.00333. The maximum Gasteiger partial charge on any atom is 0.304 e. The second-order valence-corrected chi connectivity index (χ2v) is 3.63. The molecule has 0 unspecified atom stereocenters. The van der Waals surface area contributed by atoms with Gasteiger partial charge in [-0.15, -0.1) is 0 Å². The maximum absolute atomic E-state index is 10.4. The van der Waals surface area contributed by atoms with Crippen LogP contribution in [-0.4, -0.2) is 57.8 Å². The van der Waals surface area contributed by atoms with E-state index in [0.717, 1.165) is 0 Å². The van der Waals surface area contributed by atoms with Crippen molar-refractivity contribution in [2.45, 2.75) is 25.7 Å². The highest BCUT2D eigenvalue weighted by Gasteiger charge is 2.10. The Kier molecular flexibility index (Phi) is 7.70. The van der Waals surface area contributed by atoms with Gasteiger partial charge in [-0.1, -0.05) is 0 Å². The van der Waals surface area contributed by atoms with E-state index in [0.29, 0.717) is 13.0 Å². The summed E-state index contributed by atoms with van der Waals surface area (Å²) in [5.41, 5.74) is 0. The molecule has 0 bridgehead atoms. The topological polar surface area (TPSA) is 115 Å². The van der Waals surface area contributed by atoms with Gasteiger partial charge in [-0.2, -0.15) is 0 Å². The molecule has 0 rings (SSSR count). The Bertz CT molecular complexity index is 260. The van der Waals surface area contributed by atoms with Crippen molar-refractivity contribution in [3.05, 3.63) is 0 Å². The SMILES string of the molecule is O=C(O)CCCN(CCC(=O)O)CCC(=O)O. The molecule has 3 N–H and O–H groups in total. The highest BCUT2D eigenvalue weighted by atomic mass is 16.4. The lowest BCUT2D eigenvalue weighted by Crippen LogP contribution is -2.30. The van der Waals surface area contributed by atoms with E-state index < -0.39 is 17.9 Å². The Morgan fingerprint density at radius 1 is 0.706 bits per heavy atom. The van der Waals surface area contributed by atoms with Gasteiger partial charge in [0.05, 0.1) is 12.8 Å². The van der Waals surface area contributed by atoms with Crippen LogP contribution in [-0.2, 0) is 14.4 Å². The standard InChI is InChI=1S/C10H17NO6/c12-8(13)2-1-5-11(6-3-9(14)15)7-4-10(16)17/h1-7H2,(H,12,13)(H,14,15)(H,16,17). The zero-order chi connectivity index (χ0) is 13.3. The average molecular weight is 247 g/mol. The molecule has 0 amide bonds. The van der Waals surface area contributed by atoms with Crippen LogP contribution >= 0.6 is 0 Å². The summed E-state index contributed by atoms with van der Waals surface area (Å²) in [6.07, 6.45) is 0.227. The van der Waals surface area contributed by atoms with Gasteiger partial charge in [-0.25, -0.2) is 0 Å². The number of carbonyl (C=O) groups is 3. The lowest BCUT2D eigenvalue weighted by atomic mass is 10.2. The van der Waals surface area contributed by atoms with Gasteiger partial charge < -0.3 is 20.2 Å². The largest absolute Gasteiger partial charge is 0.481 e. The van der Waals surface area contributed by atoms with Crippen LogP contribution in [0.25, 0.3) is 0 Å². The van der Waals surface area contributed by atoms with Crippen molar-refractivity contribution in [3.8, 4) is 0 Å². The monoisotopic (exact) mass is 247 g/mol. The van der Waals surface area contributed by atoms with E-state index in [2.05, 4.69) is 0 Å². The molecule has 0 aliphatic carbocycles. The molecule has 17 heavy (non-hydrogen) atoms. The molecule has 0 saturated carbocycles. The van der Waals surface area contributed by atoms with Crippen LogP contribution in [0.5, 0.6) is 0 Å². The highest BCUT2D eigenvalue weighted by molar-refractivity contribution is 5.67. The predicted molar refractivity (Wildman–Crippen MR) is 57.8 cm³/mol. The number of carboxylic acid groups (broad SMARTS) is 3. The molecule has 0 aromatic rings. The van der Waals surface area contributed by atoms with Crippen molar-refractivity contribution in [1.29, 1.82) is 0 Å². The zero-order valence-electron chi connectivity index (χ0n) is 9.46. The third-order valence-corrected chi connectivity index (χ3v) is 2.15. The summed E-state index contributed by atoms with van der Waals surface area (Å²) >= 11 is 0. The van der Waals surface area contributed by atoms with Crippen molar-refractivity contribution in [3.63, 3.8) is 0 Å². The number of rotatable bonds is 10. The molecule has 0 aliphatic heterocycles. The van der Waals surface area contributed by atoms with Crippen LogP contribution in [0.1, 0.15) is 25.7 Å². The second kappa shape index (κ2) is 8.51. The maximum atomic E-state index is 10.4. The summed E-state index contributed by atoms with van der Waals surface area (Å²) in [7, 11) is 0. The second-order valence-electron chi connectivity index (χ2n) is 3.63. The summed E-state index contributed by atoms with van der Waals surface area (Å²) in [6, 6.07) is 0. The smallest absolute Gasteiger partial charge is 0.304 e. The van der Waals surface area contributed by atoms with Crippen LogP contribution < -0.4 is 0 Å². The van der Waals surface area contributed by atoms with Gasteiger partial charge >= 0.3 is 17.9 Å². The molecule has 98 valence electrons. The van der Waals surface area contributed by atoms with E-state index in [4.69, 9.17) is 15.3 Å². The fraction of sp³-hybridized carbons (Fsp3) is 0.700. The third kappa shape index (κ3) is 10.6. The molecule has 0 aliphatic rings. The average Bonchev–Trinajstić information content (AvgIpc) is 2.20. The van der Waals surface area contributed by atoms with E-state index >= 15 is 0 Å². The van der Waals surface area contributed by atoms with E-state index in [1.54, 1.807) is 4.90 Å². The van der Waals surface area contributed by atoms with Crippen molar-refractivity contribution >= 4 is 17.9 Å². The molecule has 0 heterocycles. The lowest BCUT2D eigenvalue weighted by molar-refractivity contribution is -0.139. The Labute approximate surface area is 98.7 Å². The van der Waals surface area contributed by atoms with Crippen LogP contribution in [0, 0.1) is 0 Å². The van der Waals surface area contributed by atoms with Gasteiger partial charge in [0.2, 0.25) is 0 Å². The lowest BCUT2D eigenvalue weighted by Gasteiger charge is -2.20. The van der Waals surface area contributed by atoms with Gasteiger partial charge in [0.15, 0.2) is 0 Å². The van der Waals surface area contributed by atoms with Crippen molar-refractivity contribution in [2.75, 3.05) is 19.6 Å². The molecular formula is C10H17NO6. The van der Waals surface area contributed by atoms with Gasteiger partial charge in [-0.05, 0) is 13.0 Å². The number of hydrogen-bond acceptors (Lipinski definition) is 4. The van der Waals surface area contributed by atoms with Gasteiger partial charge in [-0.3, -0.25) is 14.4 Å². The van der Waals surface area contributed by atoms with Gasteiger partial charge in [0, 0.05) is 19.5 Å². The number of nitrogens with zero attached hydrogens (tertiary/aromatic N) is 1. The number of carboxylic acids is 3. The normalized spacial score (nSPS) is 10.4. The summed E-state index contributed by atoms with van der Waals surface area (Å²) < 4.78 is 0. The number of hydrogen-bond donors (Lipinski definition) is 3. The minimum atomic E-state index is -0.955. The summed E-state index contributed by atoms with van der Waals surface area (Å²) in [4.78, 5) is 32.7. The molecule has 0 aromatic carbocycles. The summed E-state index contributed by atoms with van der Waals surface area (Å²) in [5, 5.41) is 25.5.